The van der Waals surface area contributed by atoms with Gasteiger partial charge < -0.3 is 4.57 Å². The predicted molar refractivity (Wildman–Crippen MR) is 135 cm³/mol. The molecule has 1 unspecified atom stereocenters. The summed E-state index contributed by atoms with van der Waals surface area (Å²) in [6.07, 6.45) is 2.63. The van der Waals surface area contributed by atoms with Crippen molar-refractivity contribution in [3.05, 3.63) is 82.7 Å². The summed E-state index contributed by atoms with van der Waals surface area (Å²) in [4.78, 5) is 13.1. The molecule has 2 aromatic carbocycles. The van der Waals surface area contributed by atoms with E-state index < -0.39 is 35.3 Å². The third kappa shape index (κ3) is 4.09. The van der Waals surface area contributed by atoms with Crippen LogP contribution in [0.1, 0.15) is 19.4 Å². The summed E-state index contributed by atoms with van der Waals surface area (Å²) in [6, 6.07) is 11.2. The number of fused-ring (bicyclic) bond motifs is 1. The number of alkyl halides is 1. The summed E-state index contributed by atoms with van der Waals surface area (Å²) in [5.74, 6) is -0.689. The summed E-state index contributed by atoms with van der Waals surface area (Å²) in [5, 5.41) is 0.196. The fraction of sp³-hybridized carbons (Fsp3) is 0.208. The highest BCUT2D eigenvalue weighted by Gasteiger charge is 2.31. The van der Waals surface area contributed by atoms with Crippen molar-refractivity contribution in [3.63, 3.8) is 0 Å². The van der Waals surface area contributed by atoms with Crippen molar-refractivity contribution in [3.8, 4) is 11.1 Å². The molecule has 1 N–H and O–H groups in total. The van der Waals surface area contributed by atoms with Crippen molar-refractivity contribution in [2.45, 2.75) is 34.8 Å². The molecule has 2 aromatic heterocycles. The molecule has 0 radical (unpaired) electrons. The van der Waals surface area contributed by atoms with Crippen molar-refractivity contribution in [1.29, 1.82) is 4.78 Å². The van der Waals surface area contributed by atoms with Crippen LogP contribution in [0.4, 0.5) is 4.39 Å². The maximum absolute atomic E-state index is 15.0. The van der Waals surface area contributed by atoms with Crippen molar-refractivity contribution in [2.75, 3.05) is 0 Å². The molecular weight excluding hydrogens is 513 g/mol. The van der Waals surface area contributed by atoms with E-state index in [0.29, 0.717) is 0 Å². The van der Waals surface area contributed by atoms with E-state index >= 15 is 4.39 Å². The zero-order valence-electron chi connectivity index (χ0n) is 19.4. The van der Waals surface area contributed by atoms with Crippen molar-refractivity contribution >= 4 is 42.3 Å². The van der Waals surface area contributed by atoms with Gasteiger partial charge in [-0.25, -0.2) is 25.8 Å². The molecule has 0 fully saturated rings. The number of nitrogens with zero attached hydrogens (tertiary/aromatic N) is 2. The van der Waals surface area contributed by atoms with E-state index in [2.05, 4.69) is 0 Å². The number of halogens is 2. The summed E-state index contributed by atoms with van der Waals surface area (Å²) >= 11 is 6.19. The Labute approximate surface area is 207 Å². The van der Waals surface area contributed by atoms with E-state index in [-0.39, 0.29) is 31.8 Å². The van der Waals surface area contributed by atoms with Crippen LogP contribution in [-0.2, 0) is 26.8 Å². The predicted octanol–water partition coefficient (Wildman–Crippen LogP) is 5.07. The van der Waals surface area contributed by atoms with E-state index in [4.69, 9.17) is 16.4 Å². The lowest BCUT2D eigenvalue weighted by Crippen LogP contribution is -2.24. The lowest BCUT2D eigenvalue weighted by molar-refractivity contribution is 0.589. The van der Waals surface area contributed by atoms with Crippen LogP contribution < -0.4 is 5.56 Å². The normalized spacial score (nSPS) is 14.2. The Balaban J connectivity index is 2.02. The zero-order valence-corrected chi connectivity index (χ0v) is 21.8. The smallest absolute Gasteiger partial charge is 0.275 e. The number of hydrogen-bond donors (Lipinski definition) is 1. The topological polar surface area (TPSA) is 102 Å². The zero-order chi connectivity index (χ0) is 25.9. The Kier molecular flexibility index (Phi) is 5.98. The van der Waals surface area contributed by atoms with Gasteiger partial charge in [-0.05, 0) is 57.2 Å². The molecule has 35 heavy (non-hydrogen) atoms. The quantitative estimate of drug-likeness (QED) is 0.360. The molecule has 0 saturated heterocycles. The highest BCUT2D eigenvalue weighted by atomic mass is 35.5. The van der Waals surface area contributed by atoms with Crippen LogP contribution in [0.5, 0.6) is 0 Å². The first-order valence-electron chi connectivity index (χ1n) is 10.5. The van der Waals surface area contributed by atoms with Crippen LogP contribution in [-0.4, -0.2) is 25.4 Å². The van der Waals surface area contributed by atoms with Gasteiger partial charge in [0.25, 0.3) is 15.6 Å². The van der Waals surface area contributed by atoms with Crippen LogP contribution in [0.2, 0.25) is 0 Å². The second-order valence-electron chi connectivity index (χ2n) is 8.71. The molecule has 0 spiro atoms. The average molecular weight is 536 g/mol. The van der Waals surface area contributed by atoms with Gasteiger partial charge in [0.2, 0.25) is 0 Å². The van der Waals surface area contributed by atoms with Gasteiger partial charge in [-0.2, -0.15) is 0 Å². The highest BCUT2D eigenvalue weighted by molar-refractivity contribution is 7.95. The number of aryl methyl sites for hydroxylation is 2. The van der Waals surface area contributed by atoms with E-state index in [1.807, 2.05) is 6.92 Å². The maximum Gasteiger partial charge on any atom is 0.275 e. The minimum atomic E-state index is -4.12. The molecule has 4 aromatic rings. The Hall–Kier alpha value is -2.95. The lowest BCUT2D eigenvalue weighted by Gasteiger charge is -2.21. The standard InChI is InChI=1S/C24H23ClFN3O4S2/c1-15-5-7-16(8-6-15)35(32,33)29-12-11-18-20(14-28(4)23(30)22(18)29)19-13-17(9-10-21(19)26)34(27,31)24(2,3)25/h5-14,27H,1-4H3. The Bertz CT molecular complexity index is 1750. The van der Waals surface area contributed by atoms with E-state index in [1.165, 1.54) is 63.6 Å². The largest absolute Gasteiger partial charge is 0.316 e. The molecular formula is C24H23ClFN3O4S2. The molecule has 184 valence electrons. The Morgan fingerprint density at radius 2 is 1.57 bits per heavy atom. The average Bonchev–Trinajstić information content (AvgIpc) is 3.22. The van der Waals surface area contributed by atoms with Gasteiger partial charge in [0.1, 0.15) is 15.5 Å². The van der Waals surface area contributed by atoms with Crippen LogP contribution in [0, 0.1) is 17.5 Å². The second kappa shape index (κ2) is 8.32. The van der Waals surface area contributed by atoms with E-state index in [0.717, 1.165) is 20.2 Å². The molecule has 1 atom stereocenters. The summed E-state index contributed by atoms with van der Waals surface area (Å²) < 4.78 is 63.8. The molecule has 2 heterocycles. The molecule has 0 aliphatic heterocycles. The molecule has 4 rings (SSSR count). The van der Waals surface area contributed by atoms with Gasteiger partial charge in [0.05, 0.1) is 14.6 Å². The number of nitrogens with one attached hydrogen (secondary N) is 1. The minimum Gasteiger partial charge on any atom is -0.316 e. The first-order chi connectivity index (χ1) is 16.2. The van der Waals surface area contributed by atoms with E-state index in [1.54, 1.807) is 12.1 Å². The SMILES string of the molecule is Cc1ccc(S(=O)(=O)n2ccc3c(-c4cc(S(=N)(=O)C(C)(C)Cl)ccc4F)cn(C)c(=O)c32)cc1. The minimum absolute atomic E-state index is 0.000442. The summed E-state index contributed by atoms with van der Waals surface area (Å²) in [6.45, 7) is 4.70. The molecule has 0 aliphatic carbocycles. The molecule has 0 bridgehead atoms. The third-order valence-corrected chi connectivity index (χ3v) is 10.4. The van der Waals surface area contributed by atoms with Gasteiger partial charge in [0.15, 0.2) is 0 Å². The molecule has 11 heteroatoms. The van der Waals surface area contributed by atoms with Crippen LogP contribution in [0.15, 0.2) is 75.5 Å². The highest BCUT2D eigenvalue weighted by Crippen LogP contribution is 2.36. The molecule has 0 saturated carbocycles. The van der Waals surface area contributed by atoms with Gasteiger partial charge in [-0.1, -0.05) is 17.7 Å². The number of rotatable bonds is 5. The second-order valence-corrected chi connectivity index (χ2v) is 14.3. The number of pyridine rings is 1. The number of aromatic nitrogens is 2. The van der Waals surface area contributed by atoms with Gasteiger partial charge in [-0.3, -0.25) is 4.79 Å². The Morgan fingerprint density at radius 1 is 0.971 bits per heavy atom. The monoisotopic (exact) mass is 535 g/mol. The fourth-order valence-corrected chi connectivity index (χ4v) is 6.45. The first-order valence-corrected chi connectivity index (χ1v) is 13.8. The lowest BCUT2D eigenvalue weighted by atomic mass is 10.0. The van der Waals surface area contributed by atoms with Gasteiger partial charge in [0, 0.05) is 40.8 Å². The van der Waals surface area contributed by atoms with Crippen LogP contribution in [0.3, 0.4) is 0 Å². The Morgan fingerprint density at radius 3 is 2.17 bits per heavy atom. The number of benzene rings is 2. The molecule has 0 amide bonds. The maximum atomic E-state index is 15.0. The fourth-order valence-electron chi connectivity index (χ4n) is 3.74. The van der Waals surface area contributed by atoms with Crippen molar-refractivity contribution in [2.24, 2.45) is 7.05 Å². The number of hydrogen-bond acceptors (Lipinski definition) is 5. The molecule has 0 aliphatic rings. The van der Waals surface area contributed by atoms with E-state index in [9.17, 15) is 17.4 Å². The molecule has 7 nitrogen and oxygen atoms in total. The van der Waals surface area contributed by atoms with Gasteiger partial charge in [-0.15, -0.1) is 11.6 Å². The van der Waals surface area contributed by atoms with Crippen LogP contribution >= 0.6 is 11.6 Å². The third-order valence-electron chi connectivity index (χ3n) is 5.81. The summed E-state index contributed by atoms with van der Waals surface area (Å²) in [5.41, 5.74) is 0.309. The van der Waals surface area contributed by atoms with Crippen molar-refractivity contribution in [1.82, 2.24) is 8.54 Å². The van der Waals surface area contributed by atoms with Crippen LogP contribution in [0.25, 0.3) is 22.0 Å². The van der Waals surface area contributed by atoms with Gasteiger partial charge >= 0.3 is 0 Å². The van der Waals surface area contributed by atoms with Crippen molar-refractivity contribution < 1.29 is 17.0 Å². The first kappa shape index (κ1) is 25.2. The summed E-state index contributed by atoms with van der Waals surface area (Å²) in [7, 11) is -6.22.